The van der Waals surface area contributed by atoms with Crippen molar-refractivity contribution < 1.29 is 72.9 Å². The van der Waals surface area contributed by atoms with Gasteiger partial charge in [-0.15, -0.1) is 0 Å². The number of nitrogens with two attached hydrogens (primary N) is 4. The largest absolute Gasteiger partial charge is 0.480 e. The Balaban J connectivity index is 1.46. The highest BCUT2D eigenvalue weighted by atomic mass is 32.1. The van der Waals surface area contributed by atoms with Gasteiger partial charge in [0.25, 0.3) is 0 Å². The van der Waals surface area contributed by atoms with Gasteiger partial charge in [0.1, 0.15) is 60.4 Å². The summed E-state index contributed by atoms with van der Waals surface area (Å²) in [5, 5.41) is 51.7. The number of nitrogens with zero attached hydrogens (tertiary/aromatic N) is 4. The third kappa shape index (κ3) is 20.7. The molecule has 0 spiro atoms. The minimum atomic E-state index is -1.82. The van der Waals surface area contributed by atoms with Crippen molar-refractivity contribution in [3.8, 4) is 0 Å². The molecule has 0 aromatic carbocycles. The second kappa shape index (κ2) is 34.9. The third-order valence-corrected chi connectivity index (χ3v) is 16.1. The van der Waals surface area contributed by atoms with E-state index in [0.29, 0.717) is 71.0 Å². The first-order valence-corrected chi connectivity index (χ1v) is 30.0. The first kappa shape index (κ1) is 70.6. The average molecular weight is 1220 g/mol. The molecule has 4 heterocycles. The zero-order valence-electron chi connectivity index (χ0n) is 48.8. The monoisotopic (exact) mass is 1220 g/mol. The molecule has 4 rings (SSSR count). The van der Waals surface area contributed by atoms with Crippen LogP contribution in [0.1, 0.15) is 124 Å². The van der Waals surface area contributed by atoms with Crippen molar-refractivity contribution in [3.63, 3.8) is 0 Å². The number of nitrogens with one attached hydrogen (secondary N) is 8. The predicted octanol–water partition coefficient (Wildman–Crippen LogP) is -6.01. The highest BCUT2D eigenvalue weighted by molar-refractivity contribution is 7.80. The Hall–Kier alpha value is -6.90. The Morgan fingerprint density at radius 2 is 1.13 bits per heavy atom. The fourth-order valence-corrected chi connectivity index (χ4v) is 11.0. The fraction of sp³-hybridized carbons (Fsp3) is 0.755. The van der Waals surface area contributed by atoms with Crippen molar-refractivity contribution in [2.24, 2.45) is 33.8 Å². The summed E-state index contributed by atoms with van der Waals surface area (Å²) in [6, 6.07) is -14.0. The molecule has 0 aliphatic carbocycles. The summed E-state index contributed by atoms with van der Waals surface area (Å²) in [5.74, 6) is -11.2. The van der Waals surface area contributed by atoms with E-state index in [-0.39, 0.29) is 76.4 Å². The van der Waals surface area contributed by atoms with E-state index in [2.05, 4.69) is 60.2 Å². The number of aliphatic hydroxyl groups is 2. The molecule has 478 valence electrons. The van der Waals surface area contributed by atoms with Gasteiger partial charge in [0.15, 0.2) is 5.96 Å². The lowest BCUT2D eigenvalue weighted by Gasteiger charge is -2.35. The highest BCUT2D eigenvalue weighted by Gasteiger charge is 2.46. The molecule has 31 nitrogen and oxygen atoms in total. The van der Waals surface area contributed by atoms with Crippen LogP contribution in [0, 0.1) is 5.92 Å². The lowest BCUT2D eigenvalue weighted by molar-refractivity contribution is -0.149. The quantitative estimate of drug-likeness (QED) is 0.0123. The summed E-state index contributed by atoms with van der Waals surface area (Å²) in [5.41, 5.74) is 21.9. The Bertz CT molecular complexity index is 2400. The molecule has 11 amide bonds. The Kier molecular flexibility index (Phi) is 29.0. The van der Waals surface area contributed by atoms with Gasteiger partial charge in [-0.05, 0) is 116 Å². The number of aliphatic imine (C=N–C) groups is 1. The molecule has 4 fully saturated rings. The number of carbonyl (C=O) groups is 12. The van der Waals surface area contributed by atoms with Crippen LogP contribution in [0.15, 0.2) is 4.99 Å². The number of amides is 11. The van der Waals surface area contributed by atoms with Gasteiger partial charge in [0.05, 0.1) is 18.8 Å². The number of carboxylic acid groups (broad SMARTS) is 1. The van der Waals surface area contributed by atoms with Crippen molar-refractivity contribution in [1.29, 1.82) is 0 Å². The summed E-state index contributed by atoms with van der Waals surface area (Å²) in [6.45, 7) is 5.14. The molecule has 0 aromatic heterocycles. The van der Waals surface area contributed by atoms with Crippen LogP contribution in [0.3, 0.4) is 0 Å². The maximum atomic E-state index is 14.5. The van der Waals surface area contributed by atoms with Crippen LogP contribution in [-0.2, 0) is 57.5 Å². The van der Waals surface area contributed by atoms with Gasteiger partial charge in [-0.1, -0.05) is 20.3 Å². The molecule has 4 aliphatic heterocycles. The number of primary amides is 1. The van der Waals surface area contributed by atoms with Crippen LogP contribution in [0.25, 0.3) is 0 Å². The number of rotatable bonds is 34. The smallest absolute Gasteiger partial charge is 0.326 e. The van der Waals surface area contributed by atoms with E-state index >= 15 is 0 Å². The topological polar surface area (TPSA) is 488 Å². The Labute approximate surface area is 499 Å². The molecule has 4 aliphatic rings. The number of guanidine groups is 1. The minimum Gasteiger partial charge on any atom is -0.480 e. The Morgan fingerprint density at radius 3 is 1.66 bits per heavy atom. The lowest BCUT2D eigenvalue weighted by atomic mass is 9.96. The number of likely N-dealkylation sites (tertiary alicyclic amines) is 3. The second-order valence-electron chi connectivity index (χ2n) is 22.1. The number of aliphatic carboxylic acids is 1. The Morgan fingerprint density at radius 1 is 0.612 bits per heavy atom. The van der Waals surface area contributed by atoms with Gasteiger partial charge in [0.2, 0.25) is 65.0 Å². The molecule has 0 radical (unpaired) electrons. The zero-order valence-corrected chi connectivity index (χ0v) is 49.7. The molecule has 0 bridgehead atoms. The molecule has 0 saturated carbocycles. The number of hydrogen-bond donors (Lipinski definition) is 16. The van der Waals surface area contributed by atoms with E-state index in [1.807, 2.05) is 0 Å². The van der Waals surface area contributed by atoms with Crippen molar-refractivity contribution in [2.75, 3.05) is 51.6 Å². The van der Waals surface area contributed by atoms with Gasteiger partial charge in [-0.2, -0.15) is 12.6 Å². The highest BCUT2D eigenvalue weighted by Crippen LogP contribution is 2.28. The number of carbonyl (C=O) groups excluding carboxylic acids is 11. The predicted molar refractivity (Wildman–Crippen MR) is 310 cm³/mol. The summed E-state index contributed by atoms with van der Waals surface area (Å²) < 4.78 is 0. The molecule has 0 unspecified atom stereocenters. The van der Waals surface area contributed by atoms with Crippen molar-refractivity contribution in [1.82, 2.24) is 57.2 Å². The molecule has 19 N–H and O–H groups in total. The van der Waals surface area contributed by atoms with Crippen LogP contribution >= 0.6 is 12.6 Å². The van der Waals surface area contributed by atoms with Gasteiger partial charge in [-0.3, -0.25) is 57.7 Å². The van der Waals surface area contributed by atoms with Crippen LogP contribution in [0.4, 0.5) is 0 Å². The van der Waals surface area contributed by atoms with Crippen LogP contribution < -0.4 is 65.5 Å². The summed E-state index contributed by atoms with van der Waals surface area (Å²) in [6.07, 6.45) is 2.59. The third-order valence-electron chi connectivity index (χ3n) is 15.8. The molecule has 0 aromatic rings. The molecule has 13 atom stereocenters. The molecule has 32 heteroatoms. The van der Waals surface area contributed by atoms with Crippen molar-refractivity contribution in [2.45, 2.75) is 196 Å². The van der Waals surface area contributed by atoms with E-state index in [0.717, 1.165) is 13.3 Å². The fourth-order valence-electron chi connectivity index (χ4n) is 10.8. The number of aliphatic hydroxyl groups excluding tert-OH is 2. The number of thiol groups is 1. The minimum absolute atomic E-state index is 0.0350. The van der Waals surface area contributed by atoms with E-state index in [4.69, 9.17) is 22.9 Å². The number of unbranched alkanes of at least 4 members (excludes halogenated alkanes) is 1. The van der Waals surface area contributed by atoms with Crippen molar-refractivity contribution in [3.05, 3.63) is 0 Å². The molecular formula is C53H90N16O15S. The first-order chi connectivity index (χ1) is 40.4. The molecule has 85 heavy (non-hydrogen) atoms. The SMILES string of the molecule is CC[C@H](C)[C@H](NC(=O)[C@H](CO)NC(=O)[C@H](CCCN=C(N)N)NC(=O)[C@@H](NC(=O)[C@H](CS)NC(=O)[C@H](CCC(N)=O)NC(=O)[C@@H]1CCCN1C(=O)[C@@H]1CCCN1)[C@@H](C)O)C(=O)N1CCC[C@H]1C(=O)N1CCC[C@H]1C(=O)N[C@@H](CCCCN)C(=O)O. The van der Waals surface area contributed by atoms with Gasteiger partial charge >= 0.3 is 5.97 Å². The average Bonchev–Trinajstić information content (AvgIpc) is 2.94. The number of carboxylic acids is 1. The van der Waals surface area contributed by atoms with Gasteiger partial charge < -0.3 is 95.5 Å². The standard InChI is InChI=1S/C53H90N16O15S/c1-4-28(2)40(51(82)69-25-11-17-38(69)50(81)68-24-10-16-37(68)47(78)62-33(52(83)84)12-5-6-20-54)65-44(75)34(26-70)63-42(73)30(13-7-22-59-53(56)57)61-48(79)41(29(3)71)66-45(76)35(27-85)64-43(74)31(18-19-39(55)72)60-46(77)36-15-9-23-67(36)49(80)32-14-8-21-58-32/h28-38,40-41,58,70-71,85H,4-27,54H2,1-3H3,(H2,55,72)(H,60,77)(H,61,79)(H,62,78)(H,63,73)(H,64,74)(H,65,75)(H,66,76)(H,83,84)(H4,56,57,59)/t28-,29+,30-,31-,32-,33-,34-,35-,36-,37-,38-,40-,41-/m0/s1. The maximum absolute atomic E-state index is 14.5. The maximum Gasteiger partial charge on any atom is 0.326 e. The molecular weight excluding hydrogens is 1130 g/mol. The molecule has 4 saturated heterocycles. The lowest BCUT2D eigenvalue weighted by Crippen LogP contribution is -2.62. The first-order valence-electron chi connectivity index (χ1n) is 29.3. The number of hydrogen-bond acceptors (Lipinski definition) is 18. The van der Waals surface area contributed by atoms with E-state index in [1.54, 1.807) is 13.8 Å². The van der Waals surface area contributed by atoms with E-state index < -0.39 is 156 Å². The normalized spacial score (nSPS) is 21.6. The summed E-state index contributed by atoms with van der Waals surface area (Å²) in [4.78, 5) is 171. The van der Waals surface area contributed by atoms with Crippen LogP contribution in [-0.4, -0.2) is 231 Å². The van der Waals surface area contributed by atoms with E-state index in [1.165, 1.54) is 14.7 Å². The van der Waals surface area contributed by atoms with Crippen LogP contribution in [0.2, 0.25) is 0 Å². The van der Waals surface area contributed by atoms with Crippen molar-refractivity contribution >= 4 is 89.5 Å². The van der Waals surface area contributed by atoms with Gasteiger partial charge in [0, 0.05) is 38.4 Å². The summed E-state index contributed by atoms with van der Waals surface area (Å²) >= 11 is 4.21. The summed E-state index contributed by atoms with van der Waals surface area (Å²) in [7, 11) is 0. The van der Waals surface area contributed by atoms with Gasteiger partial charge in [-0.25, -0.2) is 4.79 Å². The van der Waals surface area contributed by atoms with E-state index in [9.17, 15) is 72.9 Å². The zero-order chi connectivity index (χ0) is 63.1. The van der Waals surface area contributed by atoms with Crippen LogP contribution in [0.5, 0.6) is 0 Å². The second-order valence-corrected chi connectivity index (χ2v) is 22.4.